The van der Waals surface area contributed by atoms with Crippen LogP contribution >= 0.6 is 0 Å². The zero-order chi connectivity index (χ0) is 16.2. The summed E-state index contributed by atoms with van der Waals surface area (Å²) >= 11 is 0. The van der Waals surface area contributed by atoms with Crippen molar-refractivity contribution in [2.45, 2.75) is 52.0 Å². The number of hydrogen-bond acceptors (Lipinski definition) is 3. The molecule has 3 rings (SSSR count). The molecule has 23 heavy (non-hydrogen) atoms. The second kappa shape index (κ2) is 6.94. The molecule has 2 aromatic rings. The standard InChI is InChI=1S/C18H24N4O/c1-13(2)10-14-6-8-19-17(11-14)21-18(23)12-16-7-9-20-22(16)15-4-3-5-15/h6-9,11,13,15H,3-5,10,12H2,1-2H3,(H,19,21,23). The monoisotopic (exact) mass is 312 g/mol. The molecule has 0 aliphatic heterocycles. The molecule has 1 aliphatic rings. The van der Waals surface area contributed by atoms with Gasteiger partial charge in [0.1, 0.15) is 5.82 Å². The molecule has 1 fully saturated rings. The van der Waals surface area contributed by atoms with Gasteiger partial charge in [-0.05, 0) is 55.4 Å². The van der Waals surface area contributed by atoms with Crippen LogP contribution in [0.15, 0.2) is 30.6 Å². The minimum atomic E-state index is -0.0414. The Morgan fingerprint density at radius 2 is 2.17 bits per heavy atom. The lowest BCUT2D eigenvalue weighted by atomic mass is 9.93. The molecule has 0 unspecified atom stereocenters. The third kappa shape index (κ3) is 3.97. The molecule has 0 aromatic carbocycles. The van der Waals surface area contributed by atoms with Gasteiger partial charge < -0.3 is 5.32 Å². The third-order valence-electron chi connectivity index (χ3n) is 4.25. The Morgan fingerprint density at radius 1 is 1.35 bits per heavy atom. The predicted octanol–water partition coefficient (Wildman–Crippen LogP) is 3.38. The number of aromatic nitrogens is 3. The van der Waals surface area contributed by atoms with Gasteiger partial charge in [-0.15, -0.1) is 0 Å². The number of pyridine rings is 1. The molecule has 2 heterocycles. The molecule has 0 radical (unpaired) electrons. The van der Waals surface area contributed by atoms with Crippen LogP contribution in [0.3, 0.4) is 0 Å². The van der Waals surface area contributed by atoms with E-state index in [0.29, 0.717) is 24.2 Å². The van der Waals surface area contributed by atoms with Crippen molar-refractivity contribution >= 4 is 11.7 Å². The SMILES string of the molecule is CC(C)Cc1ccnc(NC(=O)Cc2ccnn2C2CCC2)c1. The first-order valence-corrected chi connectivity index (χ1v) is 8.39. The van der Waals surface area contributed by atoms with Crippen molar-refractivity contribution in [3.05, 3.63) is 41.9 Å². The Kier molecular flexibility index (Phi) is 4.74. The van der Waals surface area contributed by atoms with Crippen LogP contribution in [0.25, 0.3) is 0 Å². The second-order valence-corrected chi connectivity index (χ2v) is 6.72. The highest BCUT2D eigenvalue weighted by Crippen LogP contribution is 2.31. The van der Waals surface area contributed by atoms with Crippen molar-refractivity contribution in [1.29, 1.82) is 0 Å². The van der Waals surface area contributed by atoms with Gasteiger partial charge >= 0.3 is 0 Å². The number of amides is 1. The molecule has 5 nitrogen and oxygen atoms in total. The zero-order valence-electron chi connectivity index (χ0n) is 13.8. The van der Waals surface area contributed by atoms with E-state index in [1.807, 2.05) is 22.9 Å². The Bertz CT molecular complexity index is 673. The maximum absolute atomic E-state index is 12.3. The quantitative estimate of drug-likeness (QED) is 0.889. The average molecular weight is 312 g/mol. The molecular weight excluding hydrogens is 288 g/mol. The van der Waals surface area contributed by atoms with E-state index < -0.39 is 0 Å². The van der Waals surface area contributed by atoms with Crippen LogP contribution in [0.1, 0.15) is 50.4 Å². The fourth-order valence-corrected chi connectivity index (χ4v) is 2.93. The lowest BCUT2D eigenvalue weighted by molar-refractivity contribution is -0.115. The summed E-state index contributed by atoms with van der Waals surface area (Å²) in [6, 6.07) is 6.36. The van der Waals surface area contributed by atoms with Crippen molar-refractivity contribution in [3.63, 3.8) is 0 Å². The summed E-state index contributed by atoms with van der Waals surface area (Å²) in [5.74, 6) is 1.17. The zero-order valence-corrected chi connectivity index (χ0v) is 13.8. The van der Waals surface area contributed by atoms with Gasteiger partial charge in [0.05, 0.1) is 12.5 Å². The fourth-order valence-electron chi connectivity index (χ4n) is 2.93. The Labute approximate surface area is 137 Å². The highest BCUT2D eigenvalue weighted by atomic mass is 16.1. The highest BCUT2D eigenvalue weighted by molar-refractivity contribution is 5.91. The molecule has 0 bridgehead atoms. The minimum absolute atomic E-state index is 0.0414. The van der Waals surface area contributed by atoms with Gasteiger partial charge in [0, 0.05) is 18.1 Å². The van der Waals surface area contributed by atoms with Gasteiger partial charge in [0.2, 0.25) is 5.91 Å². The van der Waals surface area contributed by atoms with Gasteiger partial charge in [0.15, 0.2) is 0 Å². The van der Waals surface area contributed by atoms with Crippen LogP contribution in [0.5, 0.6) is 0 Å². The first-order valence-electron chi connectivity index (χ1n) is 8.39. The van der Waals surface area contributed by atoms with Crippen molar-refractivity contribution in [1.82, 2.24) is 14.8 Å². The van der Waals surface area contributed by atoms with Crippen molar-refractivity contribution in [2.75, 3.05) is 5.32 Å². The number of rotatable bonds is 6. The van der Waals surface area contributed by atoms with E-state index in [2.05, 4.69) is 29.2 Å². The second-order valence-electron chi connectivity index (χ2n) is 6.72. The molecule has 1 N–H and O–H groups in total. The number of hydrogen-bond donors (Lipinski definition) is 1. The fraction of sp³-hybridized carbons (Fsp3) is 0.500. The maximum atomic E-state index is 12.3. The Morgan fingerprint density at radius 3 is 2.87 bits per heavy atom. The molecule has 1 aliphatic carbocycles. The molecule has 0 saturated heterocycles. The van der Waals surface area contributed by atoms with Gasteiger partial charge in [-0.1, -0.05) is 13.8 Å². The first kappa shape index (κ1) is 15.7. The van der Waals surface area contributed by atoms with Crippen LogP contribution in [-0.4, -0.2) is 20.7 Å². The summed E-state index contributed by atoms with van der Waals surface area (Å²) in [4.78, 5) is 16.5. The number of carbonyl (C=O) groups is 1. The maximum Gasteiger partial charge on any atom is 0.231 e. The third-order valence-corrected chi connectivity index (χ3v) is 4.25. The van der Waals surface area contributed by atoms with E-state index in [1.54, 1.807) is 12.4 Å². The van der Waals surface area contributed by atoms with Crippen molar-refractivity contribution in [3.8, 4) is 0 Å². The van der Waals surface area contributed by atoms with Crippen molar-refractivity contribution < 1.29 is 4.79 Å². The van der Waals surface area contributed by atoms with Gasteiger partial charge in [-0.25, -0.2) is 4.98 Å². The normalized spacial score (nSPS) is 14.7. The molecule has 1 saturated carbocycles. The minimum Gasteiger partial charge on any atom is -0.310 e. The first-order chi connectivity index (χ1) is 11.1. The predicted molar refractivity (Wildman–Crippen MR) is 90.2 cm³/mol. The van der Waals surface area contributed by atoms with E-state index in [0.717, 1.165) is 25.0 Å². The van der Waals surface area contributed by atoms with Gasteiger partial charge in [-0.2, -0.15) is 5.10 Å². The largest absolute Gasteiger partial charge is 0.310 e. The molecule has 5 heteroatoms. The molecule has 2 aromatic heterocycles. The topological polar surface area (TPSA) is 59.8 Å². The van der Waals surface area contributed by atoms with E-state index in [4.69, 9.17) is 0 Å². The number of carbonyl (C=O) groups excluding carboxylic acids is 1. The molecule has 0 atom stereocenters. The van der Waals surface area contributed by atoms with Crippen LogP contribution in [0.2, 0.25) is 0 Å². The van der Waals surface area contributed by atoms with Crippen LogP contribution in [0, 0.1) is 5.92 Å². The lowest BCUT2D eigenvalue weighted by Crippen LogP contribution is -2.23. The summed E-state index contributed by atoms with van der Waals surface area (Å²) < 4.78 is 2.01. The van der Waals surface area contributed by atoms with E-state index in [-0.39, 0.29) is 5.91 Å². The summed E-state index contributed by atoms with van der Waals surface area (Å²) in [5.41, 5.74) is 2.18. The molecule has 0 spiro atoms. The molecule has 1 amide bonds. The van der Waals surface area contributed by atoms with E-state index in [1.165, 1.54) is 12.0 Å². The summed E-state index contributed by atoms with van der Waals surface area (Å²) in [5, 5.41) is 7.27. The Balaban J connectivity index is 1.62. The summed E-state index contributed by atoms with van der Waals surface area (Å²) in [6.45, 7) is 4.36. The smallest absolute Gasteiger partial charge is 0.231 e. The molecular formula is C18H24N4O. The number of nitrogens with zero attached hydrogens (tertiary/aromatic N) is 3. The van der Waals surface area contributed by atoms with Crippen molar-refractivity contribution in [2.24, 2.45) is 5.92 Å². The van der Waals surface area contributed by atoms with Crippen LogP contribution in [0.4, 0.5) is 5.82 Å². The van der Waals surface area contributed by atoms with Gasteiger partial charge in [0.25, 0.3) is 0 Å². The molecule has 122 valence electrons. The number of nitrogens with one attached hydrogen (secondary N) is 1. The van der Waals surface area contributed by atoms with E-state index in [9.17, 15) is 4.79 Å². The average Bonchev–Trinajstić information content (AvgIpc) is 2.84. The van der Waals surface area contributed by atoms with Gasteiger partial charge in [-0.3, -0.25) is 9.48 Å². The summed E-state index contributed by atoms with van der Waals surface area (Å²) in [7, 11) is 0. The highest BCUT2D eigenvalue weighted by Gasteiger charge is 2.22. The lowest BCUT2D eigenvalue weighted by Gasteiger charge is -2.27. The summed E-state index contributed by atoms with van der Waals surface area (Å²) in [6.07, 6.45) is 8.44. The van der Waals surface area contributed by atoms with Crippen LogP contribution in [-0.2, 0) is 17.6 Å². The van der Waals surface area contributed by atoms with E-state index >= 15 is 0 Å². The Hall–Kier alpha value is -2.17. The van der Waals surface area contributed by atoms with Crippen LogP contribution < -0.4 is 5.32 Å². The number of anilines is 1.